The van der Waals surface area contributed by atoms with Gasteiger partial charge < -0.3 is 25.2 Å². The molecule has 0 saturated heterocycles. The van der Waals surface area contributed by atoms with Crippen LogP contribution >= 0.6 is 0 Å². The van der Waals surface area contributed by atoms with Gasteiger partial charge in [0.2, 0.25) is 0 Å². The summed E-state index contributed by atoms with van der Waals surface area (Å²) in [6.07, 6.45) is -2.88. The molecule has 7 heteroatoms. The average molecular weight is 234 g/mol. The Balaban J connectivity index is 4.39. The van der Waals surface area contributed by atoms with Crippen molar-refractivity contribution in [2.24, 2.45) is 0 Å². The van der Waals surface area contributed by atoms with Crippen LogP contribution < -0.4 is 0 Å². The van der Waals surface area contributed by atoms with Gasteiger partial charge in [0.1, 0.15) is 12.2 Å². The van der Waals surface area contributed by atoms with E-state index in [9.17, 15) is 9.59 Å². The number of hydrogen-bond acceptors (Lipinski definition) is 7. The molecule has 0 aliphatic carbocycles. The lowest BCUT2D eigenvalue weighted by atomic mass is 10.1. The molecule has 16 heavy (non-hydrogen) atoms. The summed E-state index contributed by atoms with van der Waals surface area (Å²) in [5.74, 6) is -2.23. The molecule has 0 rings (SSSR count). The quantitative estimate of drug-likeness (QED) is 0.164. The number of aliphatic hydroxyl groups is 4. The minimum absolute atomic E-state index is 0.605. The molecular weight excluding hydrogens is 220 g/mol. The number of esters is 1. The first kappa shape index (κ1) is 14.7. The molecule has 0 spiro atoms. The monoisotopic (exact) mass is 234 g/mol. The zero-order valence-corrected chi connectivity index (χ0v) is 8.50. The fraction of sp³-hybridized carbons (Fsp3) is 0.556. The zero-order valence-electron chi connectivity index (χ0n) is 8.50. The van der Waals surface area contributed by atoms with E-state index < -0.39 is 49.4 Å². The fourth-order valence-electron chi connectivity index (χ4n) is 0.739. The molecule has 0 bridgehead atoms. The van der Waals surface area contributed by atoms with Crippen LogP contribution in [0.5, 0.6) is 0 Å². The first-order valence-corrected chi connectivity index (χ1v) is 4.42. The minimum atomic E-state index is -1.73. The number of ether oxygens (including phenoxy) is 1. The van der Waals surface area contributed by atoms with Gasteiger partial charge in [0.15, 0.2) is 5.78 Å². The number of carbonyl (C=O) groups excluding carboxylic acids is 2. The van der Waals surface area contributed by atoms with Crippen LogP contribution in [-0.4, -0.2) is 64.2 Å². The predicted octanol–water partition coefficient (Wildman–Crippen LogP) is -2.64. The van der Waals surface area contributed by atoms with Gasteiger partial charge in [-0.1, -0.05) is 6.58 Å². The molecule has 0 heterocycles. The van der Waals surface area contributed by atoms with E-state index in [1.807, 2.05) is 0 Å². The number of hydrogen-bond donors (Lipinski definition) is 4. The molecule has 0 fully saturated rings. The maximum Gasteiger partial charge on any atom is 0.341 e. The highest BCUT2D eigenvalue weighted by Crippen LogP contribution is 2.03. The van der Waals surface area contributed by atoms with Crippen LogP contribution in [0, 0.1) is 0 Å². The van der Waals surface area contributed by atoms with Crippen molar-refractivity contribution in [2.45, 2.75) is 12.2 Å². The van der Waals surface area contributed by atoms with Crippen molar-refractivity contribution in [1.82, 2.24) is 0 Å². The summed E-state index contributed by atoms with van der Waals surface area (Å²) < 4.78 is 4.47. The van der Waals surface area contributed by atoms with Crippen LogP contribution in [-0.2, 0) is 14.3 Å². The molecule has 0 saturated carbocycles. The van der Waals surface area contributed by atoms with Crippen molar-refractivity contribution in [1.29, 1.82) is 0 Å². The van der Waals surface area contributed by atoms with Gasteiger partial charge in [-0.3, -0.25) is 4.79 Å². The maximum absolute atomic E-state index is 11.2. The number of rotatable bonds is 7. The predicted molar refractivity (Wildman–Crippen MR) is 51.3 cm³/mol. The Labute approximate surface area is 91.6 Å². The van der Waals surface area contributed by atoms with Crippen molar-refractivity contribution in [3.63, 3.8) is 0 Å². The molecule has 0 amide bonds. The van der Waals surface area contributed by atoms with Crippen molar-refractivity contribution in [2.75, 3.05) is 19.8 Å². The third kappa shape index (κ3) is 4.07. The van der Waals surface area contributed by atoms with Gasteiger partial charge >= 0.3 is 5.97 Å². The number of carbonyl (C=O) groups is 2. The van der Waals surface area contributed by atoms with E-state index in [0.717, 1.165) is 0 Å². The van der Waals surface area contributed by atoms with E-state index in [4.69, 9.17) is 20.4 Å². The second-order valence-corrected chi connectivity index (χ2v) is 2.93. The number of aliphatic hydroxyl groups excluding tert-OH is 4. The largest absolute Gasteiger partial charge is 0.454 e. The van der Waals surface area contributed by atoms with Gasteiger partial charge in [-0.25, -0.2) is 4.79 Å². The van der Waals surface area contributed by atoms with Crippen molar-refractivity contribution < 1.29 is 34.8 Å². The van der Waals surface area contributed by atoms with E-state index in [1.165, 1.54) is 0 Å². The summed E-state index contributed by atoms with van der Waals surface area (Å²) in [7, 11) is 0. The van der Waals surface area contributed by atoms with Crippen molar-refractivity contribution in [3.05, 3.63) is 12.2 Å². The molecule has 7 nitrogen and oxygen atoms in total. The summed E-state index contributed by atoms with van der Waals surface area (Å²) in [6, 6.07) is 0. The van der Waals surface area contributed by atoms with Gasteiger partial charge in [0.05, 0.1) is 25.4 Å². The SMILES string of the molecule is C=C(C(=O)OC(CO)CO)C(=O)C(O)CO. The molecule has 0 aromatic heterocycles. The molecule has 0 aliphatic rings. The Hall–Kier alpha value is -1.28. The third-order valence-electron chi connectivity index (χ3n) is 1.70. The van der Waals surface area contributed by atoms with Gasteiger partial charge in [-0.2, -0.15) is 0 Å². The molecule has 0 aromatic carbocycles. The number of ketones is 1. The highest BCUT2D eigenvalue weighted by atomic mass is 16.6. The van der Waals surface area contributed by atoms with Crippen LogP contribution in [0.3, 0.4) is 0 Å². The van der Waals surface area contributed by atoms with Crippen LogP contribution in [0.2, 0.25) is 0 Å². The molecule has 4 N–H and O–H groups in total. The Kier molecular flexibility index (Phi) is 6.50. The summed E-state index contributed by atoms with van der Waals surface area (Å²) in [4.78, 5) is 22.3. The lowest BCUT2D eigenvalue weighted by Gasteiger charge is -2.14. The van der Waals surface area contributed by atoms with Gasteiger partial charge in [-0.15, -0.1) is 0 Å². The smallest absolute Gasteiger partial charge is 0.341 e. The lowest BCUT2D eigenvalue weighted by molar-refractivity contribution is -0.150. The topological polar surface area (TPSA) is 124 Å². The van der Waals surface area contributed by atoms with Gasteiger partial charge in [-0.05, 0) is 0 Å². The molecular formula is C9H14O7. The molecule has 92 valence electrons. The van der Waals surface area contributed by atoms with Gasteiger partial charge in [0.25, 0.3) is 0 Å². The molecule has 0 aliphatic heterocycles. The van der Waals surface area contributed by atoms with Crippen molar-refractivity contribution >= 4 is 11.8 Å². The summed E-state index contributed by atoms with van der Waals surface area (Å²) in [5.41, 5.74) is -0.659. The molecule has 0 aromatic rings. The normalized spacial score (nSPS) is 12.3. The Morgan fingerprint density at radius 3 is 2.00 bits per heavy atom. The summed E-state index contributed by atoms with van der Waals surface area (Å²) >= 11 is 0. The first-order chi connectivity index (χ1) is 7.47. The second-order valence-electron chi connectivity index (χ2n) is 2.93. The van der Waals surface area contributed by atoms with Gasteiger partial charge in [0, 0.05) is 0 Å². The van der Waals surface area contributed by atoms with Crippen LogP contribution in [0.15, 0.2) is 12.2 Å². The van der Waals surface area contributed by atoms with E-state index >= 15 is 0 Å². The first-order valence-electron chi connectivity index (χ1n) is 4.42. The minimum Gasteiger partial charge on any atom is -0.454 e. The third-order valence-corrected chi connectivity index (χ3v) is 1.70. The highest BCUT2D eigenvalue weighted by Gasteiger charge is 2.25. The Bertz CT molecular complexity index is 269. The van der Waals surface area contributed by atoms with Crippen molar-refractivity contribution in [3.8, 4) is 0 Å². The van der Waals surface area contributed by atoms with Crippen LogP contribution in [0.4, 0.5) is 0 Å². The Morgan fingerprint density at radius 2 is 1.62 bits per heavy atom. The molecule has 0 radical (unpaired) electrons. The second kappa shape index (κ2) is 7.07. The molecule has 1 atom stereocenters. The number of Topliss-reactive ketones (excluding diaryl/α,β-unsaturated/α-hetero) is 1. The molecule has 1 unspecified atom stereocenters. The van der Waals surface area contributed by atoms with E-state index in [-0.39, 0.29) is 0 Å². The Morgan fingerprint density at radius 1 is 1.12 bits per heavy atom. The van der Waals surface area contributed by atoms with Crippen LogP contribution in [0.25, 0.3) is 0 Å². The van der Waals surface area contributed by atoms with E-state index in [0.29, 0.717) is 0 Å². The maximum atomic E-state index is 11.2. The fourth-order valence-corrected chi connectivity index (χ4v) is 0.739. The van der Waals surface area contributed by atoms with Crippen LogP contribution in [0.1, 0.15) is 0 Å². The van der Waals surface area contributed by atoms with E-state index in [1.54, 1.807) is 0 Å². The zero-order chi connectivity index (χ0) is 12.7. The van der Waals surface area contributed by atoms with E-state index in [2.05, 4.69) is 11.3 Å². The standard InChI is InChI=1S/C9H14O7/c1-5(8(14)7(13)4-12)9(15)16-6(2-10)3-11/h6-7,10-13H,1-4H2. The highest BCUT2D eigenvalue weighted by molar-refractivity contribution is 6.18. The summed E-state index contributed by atoms with van der Waals surface area (Å²) in [6.45, 7) is 1.04. The average Bonchev–Trinajstić information content (AvgIpc) is 2.32. The lowest BCUT2D eigenvalue weighted by Crippen LogP contribution is -2.32. The summed E-state index contributed by atoms with van der Waals surface area (Å²) in [5, 5.41) is 34.6.